The van der Waals surface area contributed by atoms with E-state index in [1.54, 1.807) is 55.5 Å². The average molecular weight is 408 g/mol. The average Bonchev–Trinajstić information content (AvgIpc) is 3.15. The van der Waals surface area contributed by atoms with E-state index in [4.69, 9.17) is 9.47 Å². The number of amides is 4. The van der Waals surface area contributed by atoms with Crippen molar-refractivity contribution in [1.82, 2.24) is 9.80 Å². The Morgan fingerprint density at radius 2 is 0.933 bits per heavy atom. The van der Waals surface area contributed by atoms with Gasteiger partial charge in [-0.05, 0) is 31.2 Å². The molecule has 2 aliphatic heterocycles. The molecule has 0 unspecified atom stereocenters. The largest absolute Gasteiger partial charge is 0.351 e. The van der Waals surface area contributed by atoms with E-state index in [2.05, 4.69) is 0 Å². The molecular formula is C22H20N2O6. The van der Waals surface area contributed by atoms with Gasteiger partial charge in [-0.2, -0.15) is 0 Å². The predicted molar refractivity (Wildman–Crippen MR) is 105 cm³/mol. The quantitative estimate of drug-likeness (QED) is 0.490. The van der Waals surface area contributed by atoms with Crippen molar-refractivity contribution in [1.29, 1.82) is 0 Å². The third-order valence-electron chi connectivity index (χ3n) is 5.09. The van der Waals surface area contributed by atoms with Crippen LogP contribution in [0.4, 0.5) is 0 Å². The highest BCUT2D eigenvalue weighted by Crippen LogP contribution is 2.23. The molecule has 0 radical (unpaired) electrons. The fourth-order valence-electron chi connectivity index (χ4n) is 3.55. The minimum atomic E-state index is -0.629. The van der Waals surface area contributed by atoms with Crippen molar-refractivity contribution in [3.05, 3.63) is 70.8 Å². The third-order valence-corrected chi connectivity index (χ3v) is 5.09. The second-order valence-electron chi connectivity index (χ2n) is 6.92. The van der Waals surface area contributed by atoms with Gasteiger partial charge in [0.2, 0.25) is 0 Å². The van der Waals surface area contributed by atoms with Crippen molar-refractivity contribution in [2.24, 2.45) is 0 Å². The summed E-state index contributed by atoms with van der Waals surface area (Å²) in [5, 5.41) is 0. The lowest BCUT2D eigenvalue weighted by Crippen LogP contribution is -2.35. The number of rotatable bonds is 8. The van der Waals surface area contributed by atoms with Gasteiger partial charge in [0.15, 0.2) is 6.29 Å². The van der Waals surface area contributed by atoms with Gasteiger partial charge in [-0.25, -0.2) is 0 Å². The van der Waals surface area contributed by atoms with E-state index in [0.717, 1.165) is 9.80 Å². The minimum Gasteiger partial charge on any atom is -0.351 e. The van der Waals surface area contributed by atoms with Crippen molar-refractivity contribution >= 4 is 23.6 Å². The number of carbonyl (C=O) groups excluding carboxylic acids is 4. The molecule has 2 heterocycles. The second kappa shape index (κ2) is 8.17. The maximum Gasteiger partial charge on any atom is 0.261 e. The smallest absolute Gasteiger partial charge is 0.261 e. The van der Waals surface area contributed by atoms with Gasteiger partial charge in [0.25, 0.3) is 23.6 Å². The van der Waals surface area contributed by atoms with Crippen LogP contribution in [0, 0.1) is 0 Å². The molecule has 0 N–H and O–H groups in total. The van der Waals surface area contributed by atoms with Gasteiger partial charge in [0.05, 0.1) is 48.6 Å². The van der Waals surface area contributed by atoms with Crippen LogP contribution >= 0.6 is 0 Å². The zero-order valence-electron chi connectivity index (χ0n) is 16.4. The molecule has 0 atom stereocenters. The Morgan fingerprint density at radius 3 is 1.23 bits per heavy atom. The highest BCUT2D eigenvalue weighted by molar-refractivity contribution is 6.22. The molecule has 0 aliphatic carbocycles. The lowest BCUT2D eigenvalue weighted by molar-refractivity contribution is -0.132. The van der Waals surface area contributed by atoms with Gasteiger partial charge >= 0.3 is 0 Å². The number of imide groups is 2. The molecule has 4 amide bonds. The number of fused-ring (bicyclic) bond motifs is 2. The van der Waals surface area contributed by atoms with E-state index in [1.807, 2.05) is 0 Å². The van der Waals surface area contributed by atoms with E-state index in [9.17, 15) is 19.2 Å². The molecular weight excluding hydrogens is 388 g/mol. The van der Waals surface area contributed by atoms with Crippen molar-refractivity contribution in [2.45, 2.75) is 13.2 Å². The Balaban J connectivity index is 1.21. The molecule has 0 bridgehead atoms. The van der Waals surface area contributed by atoms with Crippen LogP contribution in [0.3, 0.4) is 0 Å². The van der Waals surface area contributed by atoms with Gasteiger partial charge in [-0.3, -0.25) is 29.0 Å². The second-order valence-corrected chi connectivity index (χ2v) is 6.92. The standard InChI is InChI=1S/C22H20N2O6/c1-14(29-12-10-23-19(25)15-6-2-3-7-16(15)20(23)26)30-13-11-24-21(27)17-8-4-5-9-18(17)22(24)28/h2-9,14H,10-13H2,1H3. The zero-order valence-corrected chi connectivity index (χ0v) is 16.4. The van der Waals surface area contributed by atoms with E-state index in [-0.39, 0.29) is 49.9 Å². The van der Waals surface area contributed by atoms with Crippen LogP contribution < -0.4 is 0 Å². The van der Waals surface area contributed by atoms with Crippen LogP contribution in [0.2, 0.25) is 0 Å². The Kier molecular flexibility index (Phi) is 5.43. The molecule has 2 aromatic rings. The molecule has 8 heteroatoms. The first-order chi connectivity index (χ1) is 14.5. The maximum absolute atomic E-state index is 12.3. The fourth-order valence-corrected chi connectivity index (χ4v) is 3.55. The van der Waals surface area contributed by atoms with Gasteiger partial charge in [0.1, 0.15) is 0 Å². The number of benzene rings is 2. The summed E-state index contributed by atoms with van der Waals surface area (Å²) < 4.78 is 11.0. The van der Waals surface area contributed by atoms with Crippen LogP contribution in [0.1, 0.15) is 48.4 Å². The monoisotopic (exact) mass is 408 g/mol. The molecule has 154 valence electrons. The molecule has 4 rings (SSSR count). The van der Waals surface area contributed by atoms with E-state index in [1.165, 1.54) is 0 Å². The number of hydrogen-bond acceptors (Lipinski definition) is 6. The van der Waals surface area contributed by atoms with Gasteiger partial charge in [-0.1, -0.05) is 24.3 Å². The number of nitrogens with zero attached hydrogens (tertiary/aromatic N) is 2. The van der Waals surface area contributed by atoms with Crippen LogP contribution in [-0.4, -0.2) is 66.0 Å². The van der Waals surface area contributed by atoms with Crippen LogP contribution in [0.25, 0.3) is 0 Å². The minimum absolute atomic E-state index is 0.110. The number of ether oxygens (including phenoxy) is 2. The molecule has 2 aromatic carbocycles. The number of hydrogen-bond donors (Lipinski definition) is 0. The zero-order chi connectivity index (χ0) is 21.3. The van der Waals surface area contributed by atoms with Crippen LogP contribution in [-0.2, 0) is 9.47 Å². The third kappa shape index (κ3) is 3.51. The first-order valence-electron chi connectivity index (χ1n) is 9.62. The highest BCUT2D eigenvalue weighted by atomic mass is 16.7. The topological polar surface area (TPSA) is 93.2 Å². The summed E-state index contributed by atoms with van der Waals surface area (Å²) in [5.74, 6) is -1.34. The summed E-state index contributed by atoms with van der Waals surface area (Å²) in [4.78, 5) is 51.5. The van der Waals surface area contributed by atoms with Crippen LogP contribution in [0.15, 0.2) is 48.5 Å². The van der Waals surface area contributed by atoms with E-state index < -0.39 is 6.29 Å². The summed E-state index contributed by atoms with van der Waals surface area (Å²) in [7, 11) is 0. The first-order valence-corrected chi connectivity index (χ1v) is 9.62. The molecule has 0 aromatic heterocycles. The summed E-state index contributed by atoms with van der Waals surface area (Å²) in [6.45, 7) is 2.11. The molecule has 0 fully saturated rings. The van der Waals surface area contributed by atoms with Crippen LogP contribution in [0.5, 0.6) is 0 Å². The van der Waals surface area contributed by atoms with E-state index >= 15 is 0 Å². The Morgan fingerprint density at radius 1 is 0.633 bits per heavy atom. The molecule has 0 saturated carbocycles. The van der Waals surface area contributed by atoms with Crippen molar-refractivity contribution in [2.75, 3.05) is 26.3 Å². The SMILES string of the molecule is CC(OCCN1C(=O)c2ccccc2C1=O)OCCN1C(=O)c2ccccc2C1=O. The number of carbonyl (C=O) groups is 4. The van der Waals surface area contributed by atoms with Gasteiger partial charge in [-0.15, -0.1) is 0 Å². The predicted octanol–water partition coefficient (Wildman–Crippen LogP) is 1.96. The van der Waals surface area contributed by atoms with E-state index in [0.29, 0.717) is 22.3 Å². The molecule has 30 heavy (non-hydrogen) atoms. The first kappa shape index (κ1) is 19.9. The lowest BCUT2D eigenvalue weighted by atomic mass is 10.1. The van der Waals surface area contributed by atoms with Gasteiger partial charge < -0.3 is 9.47 Å². The van der Waals surface area contributed by atoms with Crippen molar-refractivity contribution in [3.8, 4) is 0 Å². The Hall–Kier alpha value is -3.36. The summed E-state index contributed by atoms with van der Waals surface area (Å²) in [6, 6.07) is 13.4. The Bertz CT molecular complexity index is 882. The molecule has 2 aliphatic rings. The lowest BCUT2D eigenvalue weighted by Gasteiger charge is -2.19. The highest BCUT2D eigenvalue weighted by Gasteiger charge is 2.35. The Labute approximate surface area is 173 Å². The summed E-state index contributed by atoms with van der Waals surface area (Å²) in [6.07, 6.45) is -0.629. The van der Waals surface area contributed by atoms with Crippen molar-refractivity contribution in [3.63, 3.8) is 0 Å². The molecule has 0 spiro atoms. The molecule has 0 saturated heterocycles. The summed E-state index contributed by atoms with van der Waals surface area (Å²) in [5.41, 5.74) is 1.58. The van der Waals surface area contributed by atoms with Crippen molar-refractivity contribution < 1.29 is 28.7 Å². The fraction of sp³-hybridized carbons (Fsp3) is 0.273. The van der Waals surface area contributed by atoms with Gasteiger partial charge in [0, 0.05) is 0 Å². The maximum atomic E-state index is 12.3. The molecule has 8 nitrogen and oxygen atoms in total. The normalized spacial score (nSPS) is 15.4. The summed E-state index contributed by atoms with van der Waals surface area (Å²) >= 11 is 0.